The van der Waals surface area contributed by atoms with Crippen LogP contribution >= 0.6 is 15.9 Å². The minimum atomic E-state index is 0.486. The molecule has 106 valence electrons. The zero-order valence-electron chi connectivity index (χ0n) is 11.9. The number of piperidine rings is 1. The fourth-order valence-corrected chi connectivity index (χ4v) is 2.96. The molecule has 1 aliphatic heterocycles. The maximum atomic E-state index is 6.00. The molecule has 0 aliphatic carbocycles. The van der Waals surface area contributed by atoms with Crippen LogP contribution < -0.4 is 10.1 Å². The van der Waals surface area contributed by atoms with Crippen LogP contribution in [0, 0.1) is 0 Å². The van der Waals surface area contributed by atoms with Gasteiger partial charge in [0.05, 0.1) is 6.61 Å². The van der Waals surface area contributed by atoms with E-state index in [1.54, 1.807) is 0 Å². The number of rotatable bonds is 5. The summed E-state index contributed by atoms with van der Waals surface area (Å²) in [5.74, 6) is 1.52. The van der Waals surface area contributed by atoms with E-state index in [1.165, 1.54) is 31.4 Å². The molecular formula is C16H24BrNO. The average Bonchev–Trinajstić information content (AvgIpc) is 2.41. The Bertz CT molecular complexity index is 400. The van der Waals surface area contributed by atoms with Gasteiger partial charge in [-0.1, -0.05) is 36.2 Å². The number of hydrogen-bond donors (Lipinski definition) is 1. The highest BCUT2D eigenvalue weighted by Gasteiger charge is 2.13. The summed E-state index contributed by atoms with van der Waals surface area (Å²) in [4.78, 5) is 0. The van der Waals surface area contributed by atoms with E-state index in [1.807, 2.05) is 0 Å². The van der Waals surface area contributed by atoms with Crippen molar-refractivity contribution in [1.29, 1.82) is 0 Å². The Hall–Kier alpha value is -0.540. The molecule has 0 aromatic heterocycles. The van der Waals surface area contributed by atoms with Gasteiger partial charge in [0.25, 0.3) is 0 Å². The summed E-state index contributed by atoms with van der Waals surface area (Å²) in [6, 6.07) is 6.94. The Morgan fingerprint density at radius 2 is 2.21 bits per heavy atom. The largest absolute Gasteiger partial charge is 0.493 e. The lowest BCUT2D eigenvalue weighted by molar-refractivity contribution is 0.265. The van der Waals surface area contributed by atoms with Gasteiger partial charge >= 0.3 is 0 Å². The molecule has 19 heavy (non-hydrogen) atoms. The second kappa shape index (κ2) is 7.30. The van der Waals surface area contributed by atoms with Crippen molar-refractivity contribution in [1.82, 2.24) is 5.32 Å². The van der Waals surface area contributed by atoms with Gasteiger partial charge in [0.1, 0.15) is 5.75 Å². The lowest BCUT2D eigenvalue weighted by atomic mass is 10.0. The van der Waals surface area contributed by atoms with Crippen molar-refractivity contribution in [3.8, 4) is 5.75 Å². The first-order valence-electron chi connectivity index (χ1n) is 7.32. The molecule has 0 amide bonds. The van der Waals surface area contributed by atoms with Gasteiger partial charge in [0, 0.05) is 10.5 Å². The van der Waals surface area contributed by atoms with Crippen molar-refractivity contribution in [2.45, 2.75) is 51.5 Å². The van der Waals surface area contributed by atoms with Gasteiger partial charge in [-0.3, -0.25) is 0 Å². The molecule has 1 heterocycles. The van der Waals surface area contributed by atoms with Crippen LogP contribution in [0.3, 0.4) is 0 Å². The first-order chi connectivity index (χ1) is 9.16. The van der Waals surface area contributed by atoms with Crippen LogP contribution in [0.1, 0.15) is 51.0 Å². The van der Waals surface area contributed by atoms with Crippen molar-refractivity contribution >= 4 is 15.9 Å². The average molecular weight is 326 g/mol. The van der Waals surface area contributed by atoms with Gasteiger partial charge in [-0.25, -0.2) is 0 Å². The number of nitrogens with one attached hydrogen (secondary N) is 1. The minimum absolute atomic E-state index is 0.486. The van der Waals surface area contributed by atoms with Gasteiger partial charge in [0.2, 0.25) is 0 Å². The second-order valence-corrected chi connectivity index (χ2v) is 6.54. The second-order valence-electron chi connectivity index (χ2n) is 5.62. The first-order valence-corrected chi connectivity index (χ1v) is 8.11. The SMILES string of the molecule is CC(C)c1cc(Br)ccc1OCC[C@H]1CCCCN1. The maximum absolute atomic E-state index is 6.00. The normalized spacial score (nSPS) is 19.7. The van der Waals surface area contributed by atoms with E-state index >= 15 is 0 Å². The predicted octanol–water partition coefficient (Wildman–Crippen LogP) is 4.48. The summed E-state index contributed by atoms with van der Waals surface area (Å²) in [7, 11) is 0. The summed E-state index contributed by atoms with van der Waals surface area (Å²) in [6.07, 6.45) is 5.07. The van der Waals surface area contributed by atoms with Gasteiger partial charge in [-0.2, -0.15) is 0 Å². The third-order valence-corrected chi connectivity index (χ3v) is 4.22. The van der Waals surface area contributed by atoms with E-state index in [-0.39, 0.29) is 0 Å². The van der Waals surface area contributed by atoms with Crippen LogP contribution in [0.25, 0.3) is 0 Å². The summed E-state index contributed by atoms with van der Waals surface area (Å²) in [5, 5.41) is 3.56. The van der Waals surface area contributed by atoms with Gasteiger partial charge in [-0.15, -0.1) is 0 Å². The molecule has 3 heteroatoms. The van der Waals surface area contributed by atoms with E-state index < -0.39 is 0 Å². The Balaban J connectivity index is 1.88. The molecule has 1 aliphatic rings. The smallest absolute Gasteiger partial charge is 0.122 e. The highest BCUT2D eigenvalue weighted by atomic mass is 79.9. The van der Waals surface area contributed by atoms with Crippen LogP contribution in [0.15, 0.2) is 22.7 Å². The van der Waals surface area contributed by atoms with Gasteiger partial charge < -0.3 is 10.1 Å². The van der Waals surface area contributed by atoms with Crippen molar-refractivity contribution in [2.24, 2.45) is 0 Å². The summed E-state index contributed by atoms with van der Waals surface area (Å²) in [6.45, 7) is 6.38. The topological polar surface area (TPSA) is 21.3 Å². The van der Waals surface area contributed by atoms with Crippen molar-refractivity contribution < 1.29 is 4.74 Å². The monoisotopic (exact) mass is 325 g/mol. The Labute approximate surface area is 125 Å². The van der Waals surface area contributed by atoms with Crippen molar-refractivity contribution in [3.05, 3.63) is 28.2 Å². The fraction of sp³-hybridized carbons (Fsp3) is 0.625. The zero-order chi connectivity index (χ0) is 13.7. The number of hydrogen-bond acceptors (Lipinski definition) is 2. The van der Waals surface area contributed by atoms with Crippen LogP contribution in [-0.4, -0.2) is 19.2 Å². The van der Waals surface area contributed by atoms with E-state index in [9.17, 15) is 0 Å². The van der Waals surface area contributed by atoms with E-state index in [4.69, 9.17) is 4.74 Å². The van der Waals surface area contributed by atoms with Crippen LogP contribution in [0.4, 0.5) is 0 Å². The molecule has 0 bridgehead atoms. The molecule has 0 unspecified atom stereocenters. The molecule has 1 N–H and O–H groups in total. The Morgan fingerprint density at radius 3 is 2.89 bits per heavy atom. The molecule has 2 rings (SSSR count). The molecule has 1 saturated heterocycles. The lowest BCUT2D eigenvalue weighted by Crippen LogP contribution is -2.35. The maximum Gasteiger partial charge on any atom is 0.122 e. The molecule has 1 aromatic carbocycles. The number of halogens is 1. The van der Waals surface area contributed by atoms with Crippen LogP contribution in [-0.2, 0) is 0 Å². The highest BCUT2D eigenvalue weighted by molar-refractivity contribution is 9.10. The van der Waals surface area contributed by atoms with Crippen molar-refractivity contribution in [2.75, 3.05) is 13.2 Å². The quantitative estimate of drug-likeness (QED) is 0.861. The lowest BCUT2D eigenvalue weighted by Gasteiger charge is -2.23. The van der Waals surface area contributed by atoms with Crippen molar-refractivity contribution in [3.63, 3.8) is 0 Å². The molecular weight excluding hydrogens is 302 g/mol. The number of benzene rings is 1. The number of ether oxygens (including phenoxy) is 1. The summed E-state index contributed by atoms with van der Waals surface area (Å²) < 4.78 is 7.12. The van der Waals surface area contributed by atoms with E-state index in [0.29, 0.717) is 12.0 Å². The molecule has 0 spiro atoms. The third kappa shape index (κ3) is 4.50. The van der Waals surface area contributed by atoms with Gasteiger partial charge in [-0.05, 0) is 55.5 Å². The molecule has 1 atom stereocenters. The minimum Gasteiger partial charge on any atom is -0.493 e. The fourth-order valence-electron chi connectivity index (χ4n) is 2.58. The summed E-state index contributed by atoms with van der Waals surface area (Å²) >= 11 is 3.53. The van der Waals surface area contributed by atoms with Crippen LogP contribution in [0.2, 0.25) is 0 Å². The predicted molar refractivity (Wildman–Crippen MR) is 84.0 cm³/mol. The van der Waals surface area contributed by atoms with E-state index in [0.717, 1.165) is 23.2 Å². The summed E-state index contributed by atoms with van der Waals surface area (Å²) in [5.41, 5.74) is 1.28. The standard InChI is InChI=1S/C16H24BrNO/c1-12(2)15-11-13(17)6-7-16(15)19-10-8-14-5-3-4-9-18-14/h6-7,11-12,14,18H,3-5,8-10H2,1-2H3/t14-/m1/s1. The zero-order valence-corrected chi connectivity index (χ0v) is 13.5. The highest BCUT2D eigenvalue weighted by Crippen LogP contribution is 2.29. The van der Waals surface area contributed by atoms with E-state index in [2.05, 4.69) is 53.3 Å². The van der Waals surface area contributed by atoms with Crippen LogP contribution in [0.5, 0.6) is 5.75 Å². The third-order valence-electron chi connectivity index (χ3n) is 3.73. The molecule has 0 saturated carbocycles. The Kier molecular flexibility index (Phi) is 5.71. The van der Waals surface area contributed by atoms with Gasteiger partial charge in [0.15, 0.2) is 0 Å². The molecule has 0 radical (unpaired) electrons. The molecule has 1 fully saturated rings. The Morgan fingerprint density at radius 1 is 1.37 bits per heavy atom. The molecule has 1 aromatic rings. The first kappa shape index (κ1) is 14.9. The molecule has 2 nitrogen and oxygen atoms in total.